The zero-order valence-electron chi connectivity index (χ0n) is 19.7. The van der Waals surface area contributed by atoms with E-state index >= 15 is 0 Å². The fourth-order valence-corrected chi connectivity index (χ4v) is 4.00. The van der Waals surface area contributed by atoms with Gasteiger partial charge in [0.05, 0.1) is 18.3 Å². The number of carbonyl (C=O) groups excluding carboxylic acids is 1. The predicted molar refractivity (Wildman–Crippen MR) is 145 cm³/mol. The molecule has 0 radical (unpaired) electrons. The number of nitrogens with zero attached hydrogens (tertiary/aromatic N) is 3. The Morgan fingerprint density at radius 2 is 1.97 bits per heavy atom. The number of unbranched alkanes of at least 4 members (excludes halogenated alkanes) is 1. The van der Waals surface area contributed by atoms with Gasteiger partial charge in [0.1, 0.15) is 9.88 Å². The van der Waals surface area contributed by atoms with E-state index in [0.717, 1.165) is 43.4 Å². The first kappa shape index (κ1) is 28.2. The van der Waals surface area contributed by atoms with Crippen molar-refractivity contribution in [1.29, 1.82) is 0 Å². The summed E-state index contributed by atoms with van der Waals surface area (Å²) in [6, 6.07) is 10.3. The number of anilines is 1. The third-order valence-corrected chi connectivity index (χ3v) is 6.03. The quantitative estimate of drug-likeness (QED) is 0.133. The molecule has 0 saturated carbocycles. The molecule has 0 amide bonds. The lowest BCUT2D eigenvalue weighted by Gasteiger charge is -2.19. The number of ether oxygens (including phenoxy) is 1. The van der Waals surface area contributed by atoms with Gasteiger partial charge in [0.25, 0.3) is 0 Å². The molecule has 1 heterocycles. The second kappa shape index (κ2) is 15.0. The summed E-state index contributed by atoms with van der Waals surface area (Å²) >= 11 is 1.37. The molecule has 1 unspecified atom stereocenters. The Morgan fingerprint density at radius 1 is 1.25 bits per heavy atom. The van der Waals surface area contributed by atoms with Crippen LogP contribution in [-0.2, 0) is 4.74 Å². The second-order valence-electron chi connectivity index (χ2n) is 7.28. The summed E-state index contributed by atoms with van der Waals surface area (Å²) in [4.78, 5) is 24.1. The van der Waals surface area contributed by atoms with Gasteiger partial charge in [0, 0.05) is 32.4 Å². The smallest absolute Gasteiger partial charge is 0.350 e. The van der Waals surface area contributed by atoms with Crippen LogP contribution in [0.2, 0.25) is 0 Å². The van der Waals surface area contributed by atoms with Crippen molar-refractivity contribution in [1.82, 2.24) is 15.6 Å². The van der Waals surface area contributed by atoms with Crippen LogP contribution in [0, 0.1) is 6.92 Å². The number of thiazole rings is 1. The van der Waals surface area contributed by atoms with Crippen LogP contribution in [0.15, 0.2) is 35.3 Å². The maximum Gasteiger partial charge on any atom is 0.350 e. The number of para-hydroxylation sites is 1. The maximum absolute atomic E-state index is 12.1. The number of benzene rings is 1. The van der Waals surface area contributed by atoms with E-state index in [0.29, 0.717) is 17.2 Å². The third-order valence-electron chi connectivity index (χ3n) is 4.71. The molecule has 0 bridgehead atoms. The molecular formula is C23H36IN5O2S. The standard InChI is InChI=1S/C23H35N5O2S.HI/c1-6-24-23(25-15-11-12-16-28(5)19-13-9-8-10-14-19)27-18(4)21-26-17(3)20(31-21)22(29)30-7-2;/h8-10,13-14,18H,6-7,11-12,15-16H2,1-5H3,(H2,24,25,27);1H. The molecule has 178 valence electrons. The van der Waals surface area contributed by atoms with Gasteiger partial charge in [0.2, 0.25) is 0 Å². The van der Waals surface area contributed by atoms with E-state index < -0.39 is 0 Å². The minimum Gasteiger partial charge on any atom is -0.462 e. The molecule has 0 spiro atoms. The monoisotopic (exact) mass is 573 g/mol. The number of hydrogen-bond acceptors (Lipinski definition) is 6. The Hall–Kier alpha value is -1.88. The number of aliphatic imine (C=N–C) groups is 1. The lowest BCUT2D eigenvalue weighted by Crippen LogP contribution is -2.38. The minimum absolute atomic E-state index is 0. The highest BCUT2D eigenvalue weighted by atomic mass is 127. The van der Waals surface area contributed by atoms with Gasteiger partial charge < -0.3 is 20.3 Å². The van der Waals surface area contributed by atoms with Gasteiger partial charge in [-0.1, -0.05) is 18.2 Å². The Kier molecular flexibility index (Phi) is 13.2. The number of nitrogens with one attached hydrogen (secondary N) is 2. The van der Waals surface area contributed by atoms with Crippen molar-refractivity contribution < 1.29 is 9.53 Å². The van der Waals surface area contributed by atoms with Crippen molar-refractivity contribution >= 4 is 52.9 Å². The Bertz CT molecular complexity index is 844. The normalized spacial score (nSPS) is 12.0. The number of guanidine groups is 1. The number of hydrogen-bond donors (Lipinski definition) is 2. The van der Waals surface area contributed by atoms with Gasteiger partial charge in [-0.15, -0.1) is 35.3 Å². The number of halogens is 1. The summed E-state index contributed by atoms with van der Waals surface area (Å²) in [6.45, 7) is 10.6. The number of aryl methyl sites for hydroxylation is 1. The van der Waals surface area contributed by atoms with Gasteiger partial charge >= 0.3 is 5.97 Å². The molecule has 32 heavy (non-hydrogen) atoms. The van der Waals surface area contributed by atoms with E-state index in [1.165, 1.54) is 17.0 Å². The first-order valence-electron chi connectivity index (χ1n) is 10.9. The molecule has 1 aromatic carbocycles. The maximum atomic E-state index is 12.1. The zero-order valence-corrected chi connectivity index (χ0v) is 22.8. The van der Waals surface area contributed by atoms with Crippen molar-refractivity contribution in [3.8, 4) is 0 Å². The van der Waals surface area contributed by atoms with E-state index in [9.17, 15) is 4.79 Å². The summed E-state index contributed by atoms with van der Waals surface area (Å²) in [6.07, 6.45) is 2.07. The molecule has 0 aliphatic carbocycles. The van der Waals surface area contributed by atoms with Gasteiger partial charge in [0.15, 0.2) is 5.96 Å². The highest BCUT2D eigenvalue weighted by molar-refractivity contribution is 14.0. The molecule has 0 aliphatic heterocycles. The molecule has 0 fully saturated rings. The molecule has 9 heteroatoms. The molecule has 2 rings (SSSR count). The molecule has 0 saturated heterocycles. The molecular weight excluding hydrogens is 537 g/mol. The van der Waals surface area contributed by atoms with E-state index in [2.05, 4.69) is 51.8 Å². The van der Waals surface area contributed by atoms with Crippen molar-refractivity contribution in [2.45, 2.75) is 46.6 Å². The highest BCUT2D eigenvalue weighted by Gasteiger charge is 2.20. The van der Waals surface area contributed by atoms with Gasteiger partial charge in [-0.05, 0) is 52.7 Å². The summed E-state index contributed by atoms with van der Waals surface area (Å²) in [5, 5.41) is 7.53. The van der Waals surface area contributed by atoms with E-state index in [1.807, 2.05) is 26.8 Å². The summed E-state index contributed by atoms with van der Waals surface area (Å²) in [5.74, 6) is 0.453. The topological polar surface area (TPSA) is 78.9 Å². The first-order valence-corrected chi connectivity index (χ1v) is 11.7. The zero-order chi connectivity index (χ0) is 22.6. The van der Waals surface area contributed by atoms with Crippen LogP contribution in [0.1, 0.15) is 60.0 Å². The lowest BCUT2D eigenvalue weighted by molar-refractivity contribution is 0.0531. The summed E-state index contributed by atoms with van der Waals surface area (Å²) < 4.78 is 5.11. The van der Waals surface area contributed by atoms with E-state index in [1.54, 1.807) is 6.92 Å². The van der Waals surface area contributed by atoms with Crippen molar-refractivity contribution in [2.75, 3.05) is 38.2 Å². The third kappa shape index (κ3) is 8.93. The fourth-order valence-electron chi connectivity index (χ4n) is 3.04. The lowest BCUT2D eigenvalue weighted by atomic mass is 10.2. The average molecular weight is 574 g/mol. The van der Waals surface area contributed by atoms with Crippen LogP contribution in [0.4, 0.5) is 5.69 Å². The average Bonchev–Trinajstić information content (AvgIpc) is 3.16. The van der Waals surface area contributed by atoms with Gasteiger partial charge in [-0.2, -0.15) is 0 Å². The summed E-state index contributed by atoms with van der Waals surface area (Å²) in [5.41, 5.74) is 1.94. The SMILES string of the molecule is CCNC(=NCCCCN(C)c1ccccc1)NC(C)c1nc(C)c(C(=O)OCC)s1.I. The first-order chi connectivity index (χ1) is 15.0. The van der Waals surface area contributed by atoms with Crippen LogP contribution >= 0.6 is 35.3 Å². The molecule has 2 aromatic rings. The van der Waals surface area contributed by atoms with Crippen LogP contribution in [0.25, 0.3) is 0 Å². The van der Waals surface area contributed by atoms with Crippen LogP contribution in [0.5, 0.6) is 0 Å². The van der Waals surface area contributed by atoms with Gasteiger partial charge in [-0.3, -0.25) is 4.99 Å². The van der Waals surface area contributed by atoms with E-state index in [-0.39, 0.29) is 36.0 Å². The fraction of sp³-hybridized carbons (Fsp3) is 0.522. The van der Waals surface area contributed by atoms with Crippen molar-refractivity contribution in [2.24, 2.45) is 4.99 Å². The van der Waals surface area contributed by atoms with Crippen LogP contribution in [0.3, 0.4) is 0 Å². The van der Waals surface area contributed by atoms with E-state index in [4.69, 9.17) is 9.73 Å². The Morgan fingerprint density at radius 3 is 2.62 bits per heavy atom. The largest absolute Gasteiger partial charge is 0.462 e. The number of esters is 1. The summed E-state index contributed by atoms with van der Waals surface area (Å²) in [7, 11) is 2.12. The number of rotatable bonds is 11. The van der Waals surface area contributed by atoms with Crippen molar-refractivity contribution in [3.63, 3.8) is 0 Å². The molecule has 1 atom stereocenters. The van der Waals surface area contributed by atoms with Crippen molar-refractivity contribution in [3.05, 3.63) is 45.9 Å². The highest BCUT2D eigenvalue weighted by Crippen LogP contribution is 2.24. The van der Waals surface area contributed by atoms with Crippen LogP contribution < -0.4 is 15.5 Å². The molecule has 0 aliphatic rings. The predicted octanol–water partition coefficient (Wildman–Crippen LogP) is 4.78. The second-order valence-corrected chi connectivity index (χ2v) is 8.31. The minimum atomic E-state index is -0.308. The molecule has 2 N–H and O–H groups in total. The Labute approximate surface area is 213 Å². The molecule has 7 nitrogen and oxygen atoms in total. The van der Waals surface area contributed by atoms with Crippen LogP contribution in [-0.4, -0.2) is 50.2 Å². The van der Waals surface area contributed by atoms with Gasteiger partial charge in [-0.25, -0.2) is 9.78 Å². The number of carbonyl (C=O) groups is 1. The number of aromatic nitrogens is 1. The molecule has 1 aromatic heterocycles. The Balaban J connectivity index is 0.00000512.